The molecule has 2 saturated carbocycles. The monoisotopic (exact) mass is 204 g/mol. The molecule has 1 saturated heterocycles. The van der Waals surface area contributed by atoms with Crippen LogP contribution in [0, 0.1) is 11.8 Å². The van der Waals surface area contributed by atoms with Gasteiger partial charge in [0.2, 0.25) is 0 Å². The minimum Gasteiger partial charge on any atom is -0.362 e. The minimum atomic E-state index is -0.118. The van der Waals surface area contributed by atoms with Crippen LogP contribution in [0.5, 0.6) is 0 Å². The van der Waals surface area contributed by atoms with Gasteiger partial charge in [0.15, 0.2) is 0 Å². The SMILES string of the molecule is O=C1[C@H]2CC[C@@H]1[C@]13CCCCC1=C[C@@H]2O3. The molecular weight excluding hydrogens is 188 g/mol. The minimum absolute atomic E-state index is 0.118. The zero-order valence-electron chi connectivity index (χ0n) is 8.87. The van der Waals surface area contributed by atoms with Gasteiger partial charge >= 0.3 is 0 Å². The second-order valence-electron chi connectivity index (χ2n) is 5.51. The standard InChI is InChI=1S/C13H16O2/c14-12-9-4-5-10(12)13-6-2-1-3-8(13)7-11(9)15-13/h7,9-11H,1-6H2/t9-,10-,11-,13-/m0/s1. The lowest BCUT2D eigenvalue weighted by Crippen LogP contribution is -2.50. The Morgan fingerprint density at radius 3 is 3.20 bits per heavy atom. The molecule has 2 heterocycles. The summed E-state index contributed by atoms with van der Waals surface area (Å²) in [5.74, 6) is 0.936. The van der Waals surface area contributed by atoms with Crippen molar-refractivity contribution < 1.29 is 9.53 Å². The molecule has 0 aromatic rings. The fourth-order valence-electron chi connectivity index (χ4n) is 4.27. The molecule has 0 amide bonds. The van der Waals surface area contributed by atoms with E-state index < -0.39 is 0 Å². The van der Waals surface area contributed by atoms with Crippen LogP contribution in [0.3, 0.4) is 0 Å². The summed E-state index contributed by atoms with van der Waals surface area (Å²) in [5, 5.41) is 0. The summed E-state index contributed by atoms with van der Waals surface area (Å²) in [6.45, 7) is 0. The molecule has 4 atom stereocenters. The van der Waals surface area contributed by atoms with E-state index in [1.54, 1.807) is 0 Å². The number of hydrogen-bond donors (Lipinski definition) is 0. The van der Waals surface area contributed by atoms with E-state index >= 15 is 0 Å². The van der Waals surface area contributed by atoms with Crippen molar-refractivity contribution in [3.8, 4) is 0 Å². The van der Waals surface area contributed by atoms with E-state index in [9.17, 15) is 4.79 Å². The van der Waals surface area contributed by atoms with Gasteiger partial charge in [-0.15, -0.1) is 0 Å². The summed E-state index contributed by atoms with van der Waals surface area (Å²) in [5.41, 5.74) is 1.35. The van der Waals surface area contributed by atoms with Crippen molar-refractivity contribution in [2.45, 2.75) is 50.2 Å². The fraction of sp³-hybridized carbons (Fsp3) is 0.769. The summed E-state index contributed by atoms with van der Waals surface area (Å²) in [6, 6.07) is 0. The van der Waals surface area contributed by atoms with Crippen LogP contribution in [0.15, 0.2) is 11.6 Å². The molecule has 2 heteroatoms. The molecule has 15 heavy (non-hydrogen) atoms. The van der Waals surface area contributed by atoms with Crippen LogP contribution < -0.4 is 0 Å². The summed E-state index contributed by atoms with van der Waals surface area (Å²) < 4.78 is 6.23. The Morgan fingerprint density at radius 1 is 1.33 bits per heavy atom. The third kappa shape index (κ3) is 0.840. The van der Waals surface area contributed by atoms with Gasteiger partial charge in [-0.05, 0) is 44.1 Å². The Labute approximate surface area is 89.7 Å². The molecule has 0 radical (unpaired) electrons. The highest BCUT2D eigenvalue weighted by Crippen LogP contribution is 2.57. The van der Waals surface area contributed by atoms with Crippen LogP contribution in [-0.4, -0.2) is 17.5 Å². The zero-order valence-corrected chi connectivity index (χ0v) is 8.87. The van der Waals surface area contributed by atoms with Gasteiger partial charge in [-0.25, -0.2) is 0 Å². The second kappa shape index (κ2) is 2.54. The number of ketones is 1. The van der Waals surface area contributed by atoms with Crippen LogP contribution >= 0.6 is 0 Å². The predicted molar refractivity (Wildman–Crippen MR) is 55.4 cm³/mol. The molecule has 3 fully saturated rings. The molecule has 2 aliphatic heterocycles. The smallest absolute Gasteiger partial charge is 0.145 e. The Hall–Kier alpha value is -0.630. The summed E-state index contributed by atoms with van der Waals surface area (Å²) in [7, 11) is 0. The molecule has 2 nitrogen and oxygen atoms in total. The molecular formula is C13H16O2. The first-order valence-electron chi connectivity index (χ1n) is 6.24. The third-order valence-corrected chi connectivity index (χ3v) is 4.93. The molecule has 80 valence electrons. The average molecular weight is 204 g/mol. The largest absolute Gasteiger partial charge is 0.362 e. The van der Waals surface area contributed by atoms with Gasteiger partial charge in [-0.2, -0.15) is 0 Å². The van der Waals surface area contributed by atoms with E-state index in [0.29, 0.717) is 5.78 Å². The maximum atomic E-state index is 12.2. The number of hydrogen-bond acceptors (Lipinski definition) is 2. The predicted octanol–water partition coefficient (Wildman–Crippen LogP) is 2.23. The Morgan fingerprint density at radius 2 is 2.27 bits per heavy atom. The van der Waals surface area contributed by atoms with E-state index in [1.165, 1.54) is 24.8 Å². The van der Waals surface area contributed by atoms with E-state index in [1.807, 2.05) is 0 Å². The number of fused-ring (bicyclic) bond motifs is 4. The lowest BCUT2D eigenvalue weighted by Gasteiger charge is -2.43. The number of ether oxygens (including phenoxy) is 1. The molecule has 0 N–H and O–H groups in total. The molecule has 4 aliphatic rings. The maximum absolute atomic E-state index is 12.2. The van der Waals surface area contributed by atoms with Gasteiger partial charge in [0, 0.05) is 5.92 Å². The first kappa shape index (κ1) is 8.51. The second-order valence-corrected chi connectivity index (χ2v) is 5.51. The van der Waals surface area contributed by atoms with Crippen LogP contribution in [-0.2, 0) is 9.53 Å². The van der Waals surface area contributed by atoms with Gasteiger partial charge in [0.1, 0.15) is 5.78 Å². The van der Waals surface area contributed by atoms with Crippen molar-refractivity contribution in [3.05, 3.63) is 11.6 Å². The van der Waals surface area contributed by atoms with E-state index in [4.69, 9.17) is 4.74 Å². The van der Waals surface area contributed by atoms with Crippen molar-refractivity contribution >= 4 is 5.78 Å². The first-order valence-corrected chi connectivity index (χ1v) is 6.24. The number of rotatable bonds is 0. The molecule has 0 aromatic carbocycles. The zero-order chi connectivity index (χ0) is 10.0. The van der Waals surface area contributed by atoms with Crippen molar-refractivity contribution in [2.75, 3.05) is 0 Å². The third-order valence-electron chi connectivity index (χ3n) is 4.93. The van der Waals surface area contributed by atoms with E-state index in [0.717, 1.165) is 19.3 Å². The fourth-order valence-corrected chi connectivity index (χ4v) is 4.27. The summed E-state index contributed by atoms with van der Waals surface area (Å²) >= 11 is 0. The van der Waals surface area contributed by atoms with Crippen molar-refractivity contribution in [3.63, 3.8) is 0 Å². The maximum Gasteiger partial charge on any atom is 0.145 e. The molecule has 2 aliphatic carbocycles. The van der Waals surface area contributed by atoms with Gasteiger partial charge in [-0.3, -0.25) is 4.79 Å². The van der Waals surface area contributed by atoms with Crippen molar-refractivity contribution in [1.29, 1.82) is 0 Å². The lowest BCUT2D eigenvalue weighted by molar-refractivity contribution is -0.156. The van der Waals surface area contributed by atoms with Crippen LogP contribution in [0.1, 0.15) is 38.5 Å². The van der Waals surface area contributed by atoms with Gasteiger partial charge in [0.25, 0.3) is 0 Å². The van der Waals surface area contributed by atoms with E-state index in [2.05, 4.69) is 6.08 Å². The highest BCUT2D eigenvalue weighted by Gasteiger charge is 2.61. The highest BCUT2D eigenvalue weighted by molar-refractivity contribution is 5.89. The molecule has 1 spiro atoms. The van der Waals surface area contributed by atoms with Gasteiger partial charge < -0.3 is 4.74 Å². The molecule has 0 unspecified atom stereocenters. The van der Waals surface area contributed by atoms with Crippen molar-refractivity contribution in [1.82, 2.24) is 0 Å². The normalized spacial score (nSPS) is 51.6. The topological polar surface area (TPSA) is 26.3 Å². The summed E-state index contributed by atoms with van der Waals surface area (Å²) in [4.78, 5) is 12.2. The number of carbonyl (C=O) groups is 1. The quantitative estimate of drug-likeness (QED) is 0.566. The first-order chi connectivity index (χ1) is 7.31. The number of Topliss-reactive ketones (excluding diaryl/α,β-unsaturated/α-hetero) is 1. The van der Waals surface area contributed by atoms with E-state index in [-0.39, 0.29) is 23.5 Å². The Kier molecular flexibility index (Phi) is 1.44. The summed E-state index contributed by atoms with van der Waals surface area (Å²) in [6.07, 6.45) is 9.38. The Bertz CT molecular complexity index is 371. The van der Waals surface area contributed by atoms with Crippen LogP contribution in [0.4, 0.5) is 0 Å². The van der Waals surface area contributed by atoms with Crippen LogP contribution in [0.25, 0.3) is 0 Å². The number of carbonyl (C=O) groups excluding carboxylic acids is 1. The highest BCUT2D eigenvalue weighted by atomic mass is 16.5. The van der Waals surface area contributed by atoms with Gasteiger partial charge in [-0.1, -0.05) is 6.08 Å². The van der Waals surface area contributed by atoms with Crippen molar-refractivity contribution in [2.24, 2.45) is 11.8 Å². The lowest BCUT2D eigenvalue weighted by atomic mass is 9.71. The average Bonchev–Trinajstić information content (AvgIpc) is 2.70. The Balaban J connectivity index is 1.87. The van der Waals surface area contributed by atoms with Crippen LogP contribution in [0.2, 0.25) is 0 Å². The van der Waals surface area contributed by atoms with Gasteiger partial charge in [0.05, 0.1) is 17.6 Å². The molecule has 4 rings (SSSR count). The molecule has 4 bridgehead atoms. The molecule has 0 aromatic heterocycles.